The van der Waals surface area contributed by atoms with Crippen molar-refractivity contribution in [1.29, 1.82) is 0 Å². The SMILES string of the molecule is NC(=O)c1ccc(OCCCc2ccccc2)c(N)c1. The molecule has 104 valence electrons. The number of primary amides is 1. The van der Waals surface area contributed by atoms with Gasteiger partial charge in [0, 0.05) is 5.56 Å². The first-order valence-electron chi connectivity index (χ1n) is 6.53. The second-order valence-electron chi connectivity index (χ2n) is 4.55. The van der Waals surface area contributed by atoms with E-state index in [0.29, 0.717) is 23.6 Å². The van der Waals surface area contributed by atoms with E-state index in [9.17, 15) is 4.79 Å². The van der Waals surface area contributed by atoms with Crippen LogP contribution < -0.4 is 16.2 Å². The van der Waals surface area contributed by atoms with Crippen LogP contribution in [0, 0.1) is 0 Å². The molecule has 2 aromatic rings. The average molecular weight is 270 g/mol. The van der Waals surface area contributed by atoms with E-state index in [1.165, 1.54) is 11.6 Å². The van der Waals surface area contributed by atoms with Crippen LogP contribution in [0.25, 0.3) is 0 Å². The molecule has 4 nitrogen and oxygen atoms in total. The Morgan fingerprint density at radius 3 is 2.50 bits per heavy atom. The lowest BCUT2D eigenvalue weighted by atomic mass is 10.1. The van der Waals surface area contributed by atoms with E-state index >= 15 is 0 Å². The minimum Gasteiger partial charge on any atom is -0.491 e. The van der Waals surface area contributed by atoms with Gasteiger partial charge in [0.2, 0.25) is 5.91 Å². The standard InChI is InChI=1S/C16H18N2O2/c17-14-11-13(16(18)19)8-9-15(14)20-10-4-7-12-5-2-1-3-6-12/h1-3,5-6,8-9,11H,4,7,10,17H2,(H2,18,19). The molecule has 0 saturated heterocycles. The van der Waals surface area contributed by atoms with Gasteiger partial charge in [0.05, 0.1) is 12.3 Å². The summed E-state index contributed by atoms with van der Waals surface area (Å²) in [7, 11) is 0. The molecule has 0 saturated carbocycles. The Bertz CT molecular complexity index is 582. The number of benzene rings is 2. The minimum absolute atomic E-state index is 0.388. The van der Waals surface area contributed by atoms with Gasteiger partial charge in [0.15, 0.2) is 0 Å². The number of aryl methyl sites for hydroxylation is 1. The number of carbonyl (C=O) groups is 1. The molecular weight excluding hydrogens is 252 g/mol. The van der Waals surface area contributed by atoms with Crippen LogP contribution in [-0.4, -0.2) is 12.5 Å². The highest BCUT2D eigenvalue weighted by molar-refractivity contribution is 5.94. The maximum atomic E-state index is 11.0. The van der Waals surface area contributed by atoms with Crippen molar-refractivity contribution in [2.45, 2.75) is 12.8 Å². The van der Waals surface area contributed by atoms with Crippen LogP contribution in [0.4, 0.5) is 5.69 Å². The van der Waals surface area contributed by atoms with Gasteiger partial charge in [0.25, 0.3) is 0 Å². The van der Waals surface area contributed by atoms with Crippen molar-refractivity contribution in [2.75, 3.05) is 12.3 Å². The zero-order valence-corrected chi connectivity index (χ0v) is 11.2. The molecule has 4 N–H and O–H groups in total. The van der Waals surface area contributed by atoms with Gasteiger partial charge in [-0.1, -0.05) is 30.3 Å². The van der Waals surface area contributed by atoms with Crippen molar-refractivity contribution in [2.24, 2.45) is 5.73 Å². The molecule has 0 bridgehead atoms. The van der Waals surface area contributed by atoms with E-state index in [1.54, 1.807) is 12.1 Å². The van der Waals surface area contributed by atoms with E-state index in [-0.39, 0.29) is 0 Å². The molecule has 0 aliphatic rings. The average Bonchev–Trinajstić information content (AvgIpc) is 2.46. The third kappa shape index (κ3) is 3.75. The monoisotopic (exact) mass is 270 g/mol. The molecule has 0 aromatic heterocycles. The van der Waals surface area contributed by atoms with Crippen LogP contribution >= 0.6 is 0 Å². The summed E-state index contributed by atoms with van der Waals surface area (Å²) in [5, 5.41) is 0. The Labute approximate surface area is 118 Å². The summed E-state index contributed by atoms with van der Waals surface area (Å²) in [6.07, 6.45) is 1.86. The fourth-order valence-electron chi connectivity index (χ4n) is 1.94. The third-order valence-corrected chi connectivity index (χ3v) is 3.00. The van der Waals surface area contributed by atoms with Crippen LogP contribution in [0.2, 0.25) is 0 Å². The molecule has 0 heterocycles. The smallest absolute Gasteiger partial charge is 0.248 e. The predicted octanol–water partition coefficient (Wildman–Crippen LogP) is 2.38. The summed E-state index contributed by atoms with van der Waals surface area (Å²) in [5.74, 6) is 0.0930. The Balaban J connectivity index is 1.84. The van der Waals surface area contributed by atoms with Gasteiger partial charge < -0.3 is 16.2 Å². The van der Waals surface area contributed by atoms with Gasteiger partial charge in [-0.2, -0.15) is 0 Å². The summed E-state index contributed by atoms with van der Waals surface area (Å²) in [5.41, 5.74) is 13.1. The lowest BCUT2D eigenvalue weighted by molar-refractivity contribution is 0.100. The number of nitrogen functional groups attached to an aromatic ring is 1. The molecule has 2 aromatic carbocycles. The van der Waals surface area contributed by atoms with Crippen molar-refractivity contribution >= 4 is 11.6 Å². The Morgan fingerprint density at radius 1 is 1.10 bits per heavy atom. The first-order chi connectivity index (χ1) is 9.66. The van der Waals surface area contributed by atoms with Crippen molar-refractivity contribution in [3.05, 3.63) is 59.7 Å². The fourth-order valence-corrected chi connectivity index (χ4v) is 1.94. The minimum atomic E-state index is -0.493. The molecule has 0 aliphatic heterocycles. The molecule has 0 atom stereocenters. The van der Waals surface area contributed by atoms with E-state index < -0.39 is 5.91 Å². The van der Waals surface area contributed by atoms with Crippen molar-refractivity contribution in [1.82, 2.24) is 0 Å². The van der Waals surface area contributed by atoms with Gasteiger partial charge in [-0.25, -0.2) is 0 Å². The number of rotatable bonds is 6. The lowest BCUT2D eigenvalue weighted by Crippen LogP contribution is -2.11. The number of anilines is 1. The van der Waals surface area contributed by atoms with E-state index in [0.717, 1.165) is 12.8 Å². The molecule has 2 rings (SSSR count). The molecule has 1 amide bonds. The molecule has 20 heavy (non-hydrogen) atoms. The number of nitrogens with two attached hydrogens (primary N) is 2. The highest BCUT2D eigenvalue weighted by Crippen LogP contribution is 2.22. The number of amides is 1. The maximum Gasteiger partial charge on any atom is 0.248 e. The quantitative estimate of drug-likeness (QED) is 0.625. The summed E-state index contributed by atoms with van der Waals surface area (Å²) in [6, 6.07) is 15.1. The van der Waals surface area contributed by atoms with Crippen LogP contribution in [0.5, 0.6) is 5.75 Å². The largest absolute Gasteiger partial charge is 0.491 e. The summed E-state index contributed by atoms with van der Waals surface area (Å²) in [6.45, 7) is 0.578. The summed E-state index contributed by atoms with van der Waals surface area (Å²) < 4.78 is 5.62. The third-order valence-electron chi connectivity index (χ3n) is 3.00. The molecule has 0 unspecified atom stereocenters. The fraction of sp³-hybridized carbons (Fsp3) is 0.188. The number of carbonyl (C=O) groups excluding carboxylic acids is 1. The number of hydrogen-bond acceptors (Lipinski definition) is 3. The number of hydrogen-bond donors (Lipinski definition) is 2. The molecule has 0 spiro atoms. The summed E-state index contributed by atoms with van der Waals surface area (Å²) in [4.78, 5) is 11.0. The Morgan fingerprint density at radius 2 is 1.85 bits per heavy atom. The lowest BCUT2D eigenvalue weighted by Gasteiger charge is -2.09. The van der Waals surface area contributed by atoms with E-state index in [1.807, 2.05) is 18.2 Å². The molecular formula is C16H18N2O2. The zero-order chi connectivity index (χ0) is 14.4. The summed E-state index contributed by atoms with van der Waals surface area (Å²) >= 11 is 0. The topological polar surface area (TPSA) is 78.3 Å². The highest BCUT2D eigenvalue weighted by Gasteiger charge is 2.05. The Hall–Kier alpha value is -2.49. The van der Waals surface area contributed by atoms with Crippen LogP contribution in [-0.2, 0) is 6.42 Å². The van der Waals surface area contributed by atoms with Crippen LogP contribution in [0.3, 0.4) is 0 Å². The predicted molar refractivity (Wildman–Crippen MR) is 79.6 cm³/mol. The molecule has 0 aliphatic carbocycles. The normalized spacial score (nSPS) is 10.2. The zero-order valence-electron chi connectivity index (χ0n) is 11.2. The van der Waals surface area contributed by atoms with Gasteiger partial charge in [0.1, 0.15) is 5.75 Å². The second-order valence-corrected chi connectivity index (χ2v) is 4.55. The van der Waals surface area contributed by atoms with Gasteiger partial charge in [-0.05, 0) is 36.6 Å². The van der Waals surface area contributed by atoms with Crippen molar-refractivity contribution in [3.63, 3.8) is 0 Å². The Kier molecular flexibility index (Phi) is 4.60. The van der Waals surface area contributed by atoms with Gasteiger partial charge in [-0.3, -0.25) is 4.79 Å². The molecule has 4 heteroatoms. The molecule has 0 fully saturated rings. The van der Waals surface area contributed by atoms with E-state index in [2.05, 4.69) is 12.1 Å². The van der Waals surface area contributed by atoms with Crippen LogP contribution in [0.1, 0.15) is 22.3 Å². The molecule has 0 radical (unpaired) electrons. The highest BCUT2D eigenvalue weighted by atomic mass is 16.5. The number of ether oxygens (including phenoxy) is 1. The van der Waals surface area contributed by atoms with Crippen molar-refractivity contribution in [3.8, 4) is 5.75 Å². The van der Waals surface area contributed by atoms with Crippen molar-refractivity contribution < 1.29 is 9.53 Å². The van der Waals surface area contributed by atoms with Gasteiger partial charge >= 0.3 is 0 Å². The first-order valence-corrected chi connectivity index (χ1v) is 6.53. The van der Waals surface area contributed by atoms with Gasteiger partial charge in [-0.15, -0.1) is 0 Å². The van der Waals surface area contributed by atoms with Crippen LogP contribution in [0.15, 0.2) is 48.5 Å². The van der Waals surface area contributed by atoms with E-state index in [4.69, 9.17) is 16.2 Å². The maximum absolute atomic E-state index is 11.0. The first kappa shape index (κ1) is 13.9. The second kappa shape index (κ2) is 6.61.